The molecule has 0 bridgehead atoms. The lowest BCUT2D eigenvalue weighted by Gasteiger charge is -2.28. The molecule has 8 heteroatoms. The quantitative estimate of drug-likeness (QED) is 0.839. The van der Waals surface area contributed by atoms with Gasteiger partial charge in [0.1, 0.15) is 12.4 Å². The molecule has 1 aromatic heterocycles. The SMILES string of the molecule is Cl.NCCc1c[nH]c(=S)n1[C@H]1COc2c(F)ccc(F)c2C1. The van der Waals surface area contributed by atoms with E-state index >= 15 is 0 Å². The lowest BCUT2D eigenvalue weighted by molar-refractivity contribution is 0.207. The van der Waals surface area contributed by atoms with Crippen LogP contribution < -0.4 is 10.5 Å². The Morgan fingerprint density at radius 2 is 2.09 bits per heavy atom. The molecule has 120 valence electrons. The topological polar surface area (TPSA) is 56.0 Å². The van der Waals surface area contributed by atoms with Crippen LogP contribution in [0.5, 0.6) is 5.75 Å². The number of nitrogens with zero attached hydrogens (tertiary/aromatic N) is 1. The fraction of sp³-hybridized carbons (Fsp3) is 0.357. The van der Waals surface area contributed by atoms with Crippen molar-refractivity contribution >= 4 is 24.6 Å². The number of aromatic amines is 1. The van der Waals surface area contributed by atoms with Gasteiger partial charge >= 0.3 is 0 Å². The van der Waals surface area contributed by atoms with Gasteiger partial charge in [-0.25, -0.2) is 8.78 Å². The highest BCUT2D eigenvalue weighted by Crippen LogP contribution is 2.34. The van der Waals surface area contributed by atoms with Crippen LogP contribution in [0.15, 0.2) is 18.3 Å². The number of imidazole rings is 1. The summed E-state index contributed by atoms with van der Waals surface area (Å²) >= 11 is 5.27. The fourth-order valence-electron chi connectivity index (χ4n) is 2.72. The van der Waals surface area contributed by atoms with E-state index in [4.69, 9.17) is 22.7 Å². The number of nitrogens with two attached hydrogens (primary N) is 1. The van der Waals surface area contributed by atoms with Gasteiger partial charge in [0.05, 0.1) is 6.04 Å². The number of ether oxygens (including phenoxy) is 1. The minimum absolute atomic E-state index is 0. The van der Waals surface area contributed by atoms with E-state index in [1.54, 1.807) is 6.20 Å². The van der Waals surface area contributed by atoms with Crippen molar-refractivity contribution in [3.8, 4) is 5.75 Å². The lowest BCUT2D eigenvalue weighted by Crippen LogP contribution is -2.27. The molecule has 1 aromatic carbocycles. The molecule has 3 N–H and O–H groups in total. The molecule has 0 saturated heterocycles. The lowest BCUT2D eigenvalue weighted by atomic mass is 10.0. The predicted octanol–water partition coefficient (Wildman–Crippen LogP) is 2.92. The largest absolute Gasteiger partial charge is 0.488 e. The smallest absolute Gasteiger partial charge is 0.177 e. The second-order valence-electron chi connectivity index (χ2n) is 5.00. The maximum atomic E-state index is 13.9. The average Bonchev–Trinajstić information content (AvgIpc) is 2.84. The number of halogens is 3. The van der Waals surface area contributed by atoms with Gasteiger partial charge in [0, 0.05) is 30.3 Å². The van der Waals surface area contributed by atoms with Crippen LogP contribution in [0, 0.1) is 16.4 Å². The summed E-state index contributed by atoms with van der Waals surface area (Å²) in [6.07, 6.45) is 2.79. The van der Waals surface area contributed by atoms with Crippen LogP contribution in [0.4, 0.5) is 8.78 Å². The normalized spacial score (nSPS) is 16.6. The molecule has 0 fully saturated rings. The molecule has 2 aromatic rings. The highest BCUT2D eigenvalue weighted by atomic mass is 35.5. The molecule has 3 rings (SSSR count). The van der Waals surface area contributed by atoms with Gasteiger partial charge in [0.25, 0.3) is 0 Å². The van der Waals surface area contributed by atoms with Crippen LogP contribution in [0.3, 0.4) is 0 Å². The number of nitrogens with one attached hydrogen (secondary N) is 1. The zero-order chi connectivity index (χ0) is 15.0. The summed E-state index contributed by atoms with van der Waals surface area (Å²) in [7, 11) is 0. The average molecular weight is 348 g/mol. The Balaban J connectivity index is 0.00000176. The van der Waals surface area contributed by atoms with Gasteiger partial charge in [0.2, 0.25) is 0 Å². The van der Waals surface area contributed by atoms with Gasteiger partial charge in [-0.3, -0.25) is 0 Å². The van der Waals surface area contributed by atoms with E-state index in [9.17, 15) is 8.78 Å². The summed E-state index contributed by atoms with van der Waals surface area (Å²) in [5.41, 5.74) is 6.79. The first kappa shape index (κ1) is 16.9. The Kier molecular flexibility index (Phi) is 5.20. The monoisotopic (exact) mass is 347 g/mol. The van der Waals surface area contributed by atoms with Gasteiger partial charge in [-0.15, -0.1) is 12.4 Å². The number of benzene rings is 1. The van der Waals surface area contributed by atoms with E-state index in [-0.39, 0.29) is 36.4 Å². The van der Waals surface area contributed by atoms with Crippen LogP contribution in [0.25, 0.3) is 0 Å². The Morgan fingerprint density at radius 3 is 2.82 bits per heavy atom. The molecular weight excluding hydrogens is 332 g/mol. The van der Waals surface area contributed by atoms with Crippen LogP contribution in [0.2, 0.25) is 0 Å². The van der Waals surface area contributed by atoms with Crippen molar-refractivity contribution in [2.75, 3.05) is 13.2 Å². The van der Waals surface area contributed by atoms with E-state index in [2.05, 4.69) is 4.98 Å². The molecule has 2 heterocycles. The van der Waals surface area contributed by atoms with Crippen LogP contribution >= 0.6 is 24.6 Å². The molecule has 1 aliphatic heterocycles. The molecule has 1 aliphatic rings. The molecule has 4 nitrogen and oxygen atoms in total. The molecule has 0 amide bonds. The zero-order valence-corrected chi connectivity index (χ0v) is 13.3. The highest BCUT2D eigenvalue weighted by Gasteiger charge is 2.28. The first-order chi connectivity index (χ1) is 10.1. The third-order valence-corrected chi connectivity index (χ3v) is 3.99. The van der Waals surface area contributed by atoms with Crippen molar-refractivity contribution in [1.82, 2.24) is 9.55 Å². The van der Waals surface area contributed by atoms with Crippen LogP contribution in [-0.2, 0) is 12.8 Å². The number of aromatic nitrogens is 2. The first-order valence-corrected chi connectivity index (χ1v) is 7.11. The summed E-state index contributed by atoms with van der Waals surface area (Å²) < 4.78 is 35.4. The van der Waals surface area contributed by atoms with Crippen LogP contribution in [0.1, 0.15) is 17.3 Å². The molecular formula is C14H16ClF2N3OS. The van der Waals surface area contributed by atoms with Gasteiger partial charge in [-0.1, -0.05) is 0 Å². The summed E-state index contributed by atoms with van der Waals surface area (Å²) in [4.78, 5) is 2.97. The Morgan fingerprint density at radius 1 is 1.36 bits per heavy atom. The Bertz CT molecular complexity index is 731. The zero-order valence-electron chi connectivity index (χ0n) is 11.6. The molecule has 0 unspecified atom stereocenters. The van der Waals surface area contributed by atoms with Crippen molar-refractivity contribution in [3.05, 3.63) is 46.0 Å². The van der Waals surface area contributed by atoms with Crippen LogP contribution in [-0.4, -0.2) is 22.7 Å². The van der Waals surface area contributed by atoms with Gasteiger partial charge < -0.3 is 20.0 Å². The number of fused-ring (bicyclic) bond motifs is 1. The van der Waals surface area contributed by atoms with Crippen molar-refractivity contribution in [2.24, 2.45) is 5.73 Å². The van der Waals surface area contributed by atoms with Crippen molar-refractivity contribution in [3.63, 3.8) is 0 Å². The van der Waals surface area contributed by atoms with E-state index < -0.39 is 11.6 Å². The molecule has 0 aliphatic carbocycles. The summed E-state index contributed by atoms with van der Waals surface area (Å²) in [6.45, 7) is 0.733. The molecule has 0 spiro atoms. The third-order valence-electron chi connectivity index (χ3n) is 3.67. The number of hydrogen-bond acceptors (Lipinski definition) is 3. The number of hydrogen-bond donors (Lipinski definition) is 2. The van der Waals surface area contributed by atoms with Crippen molar-refractivity contribution in [1.29, 1.82) is 0 Å². The van der Waals surface area contributed by atoms with Gasteiger partial charge in [-0.2, -0.15) is 0 Å². The molecule has 0 radical (unpaired) electrons. The summed E-state index contributed by atoms with van der Waals surface area (Å²) in [6, 6.07) is 2.03. The molecule has 1 atom stereocenters. The second kappa shape index (κ2) is 6.76. The Hall–Kier alpha value is -1.44. The maximum absolute atomic E-state index is 13.9. The number of H-pyrrole nitrogens is 1. The molecule has 0 saturated carbocycles. The van der Waals surface area contributed by atoms with Gasteiger partial charge in [-0.05, 0) is 30.9 Å². The van der Waals surface area contributed by atoms with Crippen molar-refractivity contribution in [2.45, 2.75) is 18.9 Å². The minimum Gasteiger partial charge on any atom is -0.488 e. The van der Waals surface area contributed by atoms with E-state index in [0.29, 0.717) is 24.2 Å². The van der Waals surface area contributed by atoms with Gasteiger partial charge in [0.15, 0.2) is 16.3 Å². The fourth-order valence-corrected chi connectivity index (χ4v) is 3.04. The third kappa shape index (κ3) is 2.88. The van der Waals surface area contributed by atoms with E-state index in [1.165, 1.54) is 0 Å². The van der Waals surface area contributed by atoms with E-state index in [0.717, 1.165) is 17.8 Å². The van der Waals surface area contributed by atoms with Crippen molar-refractivity contribution < 1.29 is 13.5 Å². The highest BCUT2D eigenvalue weighted by molar-refractivity contribution is 7.71. The minimum atomic E-state index is -0.537. The Labute approximate surface area is 137 Å². The maximum Gasteiger partial charge on any atom is 0.177 e. The standard InChI is InChI=1S/C14H15F2N3OS.ClH/c15-11-1-2-12(16)13-10(11)5-9(7-20-13)19-8(3-4-17)6-18-14(19)21;/h1-2,6,9H,3-5,7,17H2,(H,18,21);1H/t9-;/m1./s1. The first-order valence-electron chi connectivity index (χ1n) is 6.70. The molecule has 22 heavy (non-hydrogen) atoms. The number of rotatable bonds is 3. The van der Waals surface area contributed by atoms with E-state index in [1.807, 2.05) is 4.57 Å². The summed E-state index contributed by atoms with van der Waals surface area (Å²) in [5.74, 6) is -0.989. The summed E-state index contributed by atoms with van der Waals surface area (Å²) in [5, 5.41) is 0. The second-order valence-corrected chi connectivity index (χ2v) is 5.39. The predicted molar refractivity (Wildman–Crippen MR) is 84.2 cm³/mol.